The lowest BCUT2D eigenvalue weighted by Crippen LogP contribution is -2.18. The van der Waals surface area contributed by atoms with Crippen molar-refractivity contribution in [1.82, 2.24) is 0 Å². The van der Waals surface area contributed by atoms with E-state index in [1.807, 2.05) is 0 Å². The van der Waals surface area contributed by atoms with E-state index in [1.165, 1.54) is 44.1 Å². The van der Waals surface area contributed by atoms with Gasteiger partial charge in [0.2, 0.25) is 0 Å². The average Bonchev–Trinajstić information content (AvgIpc) is 2.16. The van der Waals surface area contributed by atoms with Crippen LogP contribution in [0, 0.1) is 23.7 Å². The van der Waals surface area contributed by atoms with E-state index in [2.05, 4.69) is 34.3 Å². The largest absolute Gasteiger partial charge is 0.0999 e. The van der Waals surface area contributed by atoms with Crippen molar-refractivity contribution < 1.29 is 0 Å². The Morgan fingerprint density at radius 3 is 2.19 bits per heavy atom. The summed E-state index contributed by atoms with van der Waals surface area (Å²) in [5.41, 5.74) is 1.41. The van der Waals surface area contributed by atoms with E-state index >= 15 is 0 Å². The summed E-state index contributed by atoms with van der Waals surface area (Å²) >= 11 is 0. The van der Waals surface area contributed by atoms with Gasteiger partial charge in [-0.15, -0.1) is 0 Å². The van der Waals surface area contributed by atoms with Gasteiger partial charge in [-0.3, -0.25) is 0 Å². The van der Waals surface area contributed by atoms with Crippen molar-refractivity contribution in [3.05, 3.63) is 12.2 Å². The van der Waals surface area contributed by atoms with Crippen LogP contribution in [0.3, 0.4) is 0 Å². The Labute approximate surface area is 103 Å². The number of hydrogen-bond donors (Lipinski definition) is 0. The zero-order valence-electron chi connectivity index (χ0n) is 11.8. The second-order valence-corrected chi connectivity index (χ2v) is 6.38. The Hall–Kier alpha value is -0.260. The normalized spacial score (nSPS) is 38.0. The minimum absolute atomic E-state index is 0.767. The fraction of sp³-hybridized carbons (Fsp3) is 0.875. The van der Waals surface area contributed by atoms with Gasteiger partial charge in [-0.2, -0.15) is 0 Å². The Balaban J connectivity index is 2.63. The van der Waals surface area contributed by atoms with Crippen LogP contribution in [-0.2, 0) is 0 Å². The van der Waals surface area contributed by atoms with Crippen LogP contribution in [0.5, 0.6) is 0 Å². The lowest BCUT2D eigenvalue weighted by Gasteiger charge is -2.29. The number of rotatable bonds is 1. The Bertz CT molecular complexity index is 216. The first-order valence-electron chi connectivity index (χ1n) is 7.16. The monoisotopic (exact) mass is 222 g/mol. The molecule has 4 atom stereocenters. The van der Waals surface area contributed by atoms with Crippen molar-refractivity contribution in [2.75, 3.05) is 0 Å². The molecule has 1 rings (SSSR count). The van der Waals surface area contributed by atoms with Crippen molar-refractivity contribution in [2.24, 2.45) is 23.7 Å². The van der Waals surface area contributed by atoms with E-state index in [1.54, 1.807) is 0 Å². The SMILES string of the molecule is C=C(C)[C@@H]1CCC(C)CCCC(C)CC1C. The first-order valence-corrected chi connectivity index (χ1v) is 7.16. The second-order valence-electron chi connectivity index (χ2n) is 6.38. The molecule has 0 saturated heterocycles. The lowest BCUT2D eigenvalue weighted by atomic mass is 9.76. The van der Waals surface area contributed by atoms with Crippen LogP contribution in [0.1, 0.15) is 66.2 Å². The van der Waals surface area contributed by atoms with Crippen molar-refractivity contribution in [2.45, 2.75) is 66.2 Å². The molecule has 0 aromatic rings. The van der Waals surface area contributed by atoms with E-state index in [0.29, 0.717) is 0 Å². The van der Waals surface area contributed by atoms with Crippen molar-refractivity contribution in [3.63, 3.8) is 0 Å². The maximum atomic E-state index is 4.21. The Morgan fingerprint density at radius 2 is 1.56 bits per heavy atom. The highest BCUT2D eigenvalue weighted by molar-refractivity contribution is 4.98. The minimum atomic E-state index is 0.767. The summed E-state index contributed by atoms with van der Waals surface area (Å²) in [6, 6.07) is 0. The Morgan fingerprint density at radius 1 is 0.938 bits per heavy atom. The van der Waals surface area contributed by atoms with Crippen LogP contribution >= 0.6 is 0 Å². The summed E-state index contributed by atoms with van der Waals surface area (Å²) in [4.78, 5) is 0. The van der Waals surface area contributed by atoms with Gasteiger partial charge in [-0.05, 0) is 43.4 Å². The van der Waals surface area contributed by atoms with Crippen molar-refractivity contribution in [3.8, 4) is 0 Å². The summed E-state index contributed by atoms with van der Waals surface area (Å²) in [7, 11) is 0. The lowest BCUT2D eigenvalue weighted by molar-refractivity contribution is 0.263. The van der Waals surface area contributed by atoms with Crippen LogP contribution in [-0.4, -0.2) is 0 Å². The highest BCUT2D eigenvalue weighted by Gasteiger charge is 2.22. The summed E-state index contributed by atoms with van der Waals surface area (Å²) in [6.07, 6.45) is 8.46. The minimum Gasteiger partial charge on any atom is -0.0999 e. The molecule has 0 N–H and O–H groups in total. The second kappa shape index (κ2) is 6.47. The van der Waals surface area contributed by atoms with Gasteiger partial charge in [-0.25, -0.2) is 0 Å². The van der Waals surface area contributed by atoms with E-state index in [-0.39, 0.29) is 0 Å². The molecule has 1 aliphatic carbocycles. The highest BCUT2D eigenvalue weighted by atomic mass is 14.3. The molecule has 0 amide bonds. The zero-order valence-corrected chi connectivity index (χ0v) is 11.8. The fourth-order valence-electron chi connectivity index (χ4n) is 3.36. The van der Waals surface area contributed by atoms with E-state index in [0.717, 1.165) is 23.7 Å². The van der Waals surface area contributed by atoms with Gasteiger partial charge in [0, 0.05) is 0 Å². The molecule has 0 heteroatoms. The summed E-state index contributed by atoms with van der Waals surface area (Å²) in [5, 5.41) is 0. The first kappa shape index (κ1) is 13.8. The van der Waals surface area contributed by atoms with Gasteiger partial charge in [-0.1, -0.05) is 58.6 Å². The topological polar surface area (TPSA) is 0 Å². The van der Waals surface area contributed by atoms with Gasteiger partial charge in [0.05, 0.1) is 0 Å². The quantitative estimate of drug-likeness (QED) is 0.518. The van der Waals surface area contributed by atoms with Gasteiger partial charge in [0.25, 0.3) is 0 Å². The van der Waals surface area contributed by atoms with E-state index < -0.39 is 0 Å². The van der Waals surface area contributed by atoms with Gasteiger partial charge < -0.3 is 0 Å². The molecule has 1 saturated carbocycles. The predicted molar refractivity (Wildman–Crippen MR) is 73.5 cm³/mol. The summed E-state index contributed by atoms with van der Waals surface area (Å²) in [6.45, 7) is 13.7. The molecule has 0 bridgehead atoms. The predicted octanol–water partition coefficient (Wildman–Crippen LogP) is 5.44. The highest BCUT2D eigenvalue weighted by Crippen LogP contribution is 2.34. The molecule has 0 radical (unpaired) electrons. The third kappa shape index (κ3) is 4.31. The van der Waals surface area contributed by atoms with Crippen molar-refractivity contribution >= 4 is 0 Å². The molecular weight excluding hydrogens is 192 g/mol. The van der Waals surface area contributed by atoms with Crippen LogP contribution in [0.2, 0.25) is 0 Å². The third-order valence-electron chi connectivity index (χ3n) is 4.46. The molecule has 0 nitrogen and oxygen atoms in total. The van der Waals surface area contributed by atoms with Gasteiger partial charge >= 0.3 is 0 Å². The molecule has 0 spiro atoms. The average molecular weight is 222 g/mol. The van der Waals surface area contributed by atoms with Crippen LogP contribution in [0.15, 0.2) is 12.2 Å². The van der Waals surface area contributed by atoms with Gasteiger partial charge in [0.1, 0.15) is 0 Å². The maximum absolute atomic E-state index is 4.21. The van der Waals surface area contributed by atoms with Gasteiger partial charge in [0.15, 0.2) is 0 Å². The third-order valence-corrected chi connectivity index (χ3v) is 4.46. The standard InChI is InChI=1S/C16H30/c1-12(2)16-10-9-13(3)7-6-8-14(4)11-15(16)5/h13-16H,1,6-11H2,2-5H3/t13?,14?,15?,16-/m0/s1. The summed E-state index contributed by atoms with van der Waals surface area (Å²) in [5.74, 6) is 3.42. The molecular formula is C16H30. The molecule has 0 aromatic heterocycles. The van der Waals surface area contributed by atoms with E-state index in [4.69, 9.17) is 0 Å². The van der Waals surface area contributed by atoms with E-state index in [9.17, 15) is 0 Å². The number of allylic oxidation sites excluding steroid dienone is 1. The maximum Gasteiger partial charge on any atom is -0.0183 e. The molecule has 1 aliphatic rings. The summed E-state index contributed by atoms with van der Waals surface area (Å²) < 4.78 is 0. The van der Waals surface area contributed by atoms with Crippen LogP contribution in [0.25, 0.3) is 0 Å². The molecule has 1 fully saturated rings. The molecule has 0 aromatic carbocycles. The molecule has 3 unspecified atom stereocenters. The fourth-order valence-corrected chi connectivity index (χ4v) is 3.36. The van der Waals surface area contributed by atoms with Crippen LogP contribution in [0.4, 0.5) is 0 Å². The number of hydrogen-bond acceptors (Lipinski definition) is 0. The molecule has 0 aliphatic heterocycles. The van der Waals surface area contributed by atoms with Crippen LogP contribution < -0.4 is 0 Å². The first-order chi connectivity index (χ1) is 7.50. The zero-order chi connectivity index (χ0) is 12.1. The molecule has 16 heavy (non-hydrogen) atoms. The Kier molecular flexibility index (Phi) is 5.58. The molecule has 0 heterocycles. The molecule has 94 valence electrons. The smallest absolute Gasteiger partial charge is 0.0183 e. The van der Waals surface area contributed by atoms with Crippen molar-refractivity contribution in [1.29, 1.82) is 0 Å².